The molecular weight excluding hydrogens is 513 g/mol. The molecule has 1 aliphatic heterocycles. The number of rotatable bonds is 17. The lowest BCUT2D eigenvalue weighted by atomic mass is 9.97. The lowest BCUT2D eigenvalue weighted by molar-refractivity contribution is -0.137. The second kappa shape index (κ2) is 19.9. The van der Waals surface area contributed by atoms with Crippen molar-refractivity contribution in [2.24, 2.45) is 0 Å². The van der Waals surface area contributed by atoms with Crippen LogP contribution in [0.15, 0.2) is 12.2 Å². The van der Waals surface area contributed by atoms with Crippen molar-refractivity contribution in [1.29, 1.82) is 0 Å². The maximum Gasteiger partial charge on any atom is 0.253 e. The van der Waals surface area contributed by atoms with Gasteiger partial charge in [-0.2, -0.15) is 0 Å². The van der Waals surface area contributed by atoms with Crippen LogP contribution >= 0.6 is 11.8 Å². The summed E-state index contributed by atoms with van der Waals surface area (Å²) in [5.41, 5.74) is -0.258. The van der Waals surface area contributed by atoms with Crippen molar-refractivity contribution < 1.29 is 33.6 Å². The van der Waals surface area contributed by atoms with E-state index in [0.717, 1.165) is 29.9 Å². The van der Waals surface area contributed by atoms with Crippen LogP contribution < -0.4 is 21.3 Å². The Morgan fingerprint density at radius 1 is 0.921 bits per heavy atom. The predicted molar refractivity (Wildman–Crippen MR) is 145 cm³/mol. The first kappa shape index (κ1) is 34.8. The summed E-state index contributed by atoms with van der Waals surface area (Å²) in [7, 11) is 5.02. The van der Waals surface area contributed by atoms with Gasteiger partial charge < -0.3 is 26.1 Å². The number of imide groups is 1. The van der Waals surface area contributed by atoms with Gasteiger partial charge in [0.15, 0.2) is 7.85 Å². The number of hydrogen-bond donors (Lipinski definition) is 4. The van der Waals surface area contributed by atoms with E-state index in [4.69, 9.17) is 7.85 Å². The van der Waals surface area contributed by atoms with Gasteiger partial charge >= 0.3 is 0 Å². The summed E-state index contributed by atoms with van der Waals surface area (Å²) in [4.78, 5) is 78.7. The van der Waals surface area contributed by atoms with Gasteiger partial charge in [0.05, 0.1) is 11.6 Å². The molecule has 6 amide bonds. The van der Waals surface area contributed by atoms with Crippen LogP contribution in [-0.2, 0) is 33.6 Å². The summed E-state index contributed by atoms with van der Waals surface area (Å²) in [6.45, 7) is 6.85. The molecule has 2 unspecified atom stereocenters. The SMILES string of the molecule is CC(C)NC(=O)C(C)NC(=O)CCN1C(=O)C=CC1=O.[B]C(=O)CCCCCSCNC(=O)C(C)NC=O. The molecule has 0 aromatic carbocycles. The Kier molecular flexibility index (Phi) is 18.2. The zero-order chi connectivity index (χ0) is 29.1. The molecule has 0 spiro atoms. The average molecular weight is 551 g/mol. The van der Waals surface area contributed by atoms with E-state index in [1.165, 1.54) is 12.2 Å². The summed E-state index contributed by atoms with van der Waals surface area (Å²) >= 11 is 1.61. The highest BCUT2D eigenvalue weighted by molar-refractivity contribution is 7.99. The van der Waals surface area contributed by atoms with Gasteiger partial charge in [-0.1, -0.05) is 6.42 Å². The van der Waals surface area contributed by atoms with E-state index in [1.54, 1.807) is 25.6 Å². The number of carbonyl (C=O) groups is 7. The Balaban J connectivity index is 0.000000726. The van der Waals surface area contributed by atoms with Crippen molar-refractivity contribution in [3.8, 4) is 0 Å². The standard InChI is InChI=1S/C13H19N3O4.C11H19BN2O3S/c1-8(2)14-13(20)9(3)15-10(17)6-7-16-11(18)4-5-12(16)19;1-9(13-7-15)11(17)14-8-18-6-4-2-3-5-10(12)16/h4-5,8-9H,6-7H2,1-3H3,(H,14,20)(H,15,17);7,9H,2-6,8H2,1H3,(H,13,15)(H,14,17). The van der Waals surface area contributed by atoms with Gasteiger partial charge in [-0.25, -0.2) is 0 Å². The Bertz CT molecular complexity index is 851. The molecule has 0 fully saturated rings. The third-order valence-corrected chi connectivity index (χ3v) is 5.86. The molecule has 2 atom stereocenters. The lowest BCUT2D eigenvalue weighted by Gasteiger charge is -2.17. The fraction of sp³-hybridized carbons (Fsp3) is 0.625. The van der Waals surface area contributed by atoms with Crippen molar-refractivity contribution in [3.05, 3.63) is 12.2 Å². The van der Waals surface area contributed by atoms with E-state index in [0.29, 0.717) is 18.7 Å². The highest BCUT2D eigenvalue weighted by Crippen LogP contribution is 2.06. The Labute approximate surface area is 229 Å². The topological polar surface area (TPSA) is 171 Å². The van der Waals surface area contributed by atoms with Crippen LogP contribution in [0.2, 0.25) is 0 Å². The number of amides is 6. The molecule has 0 bridgehead atoms. The highest BCUT2D eigenvalue weighted by atomic mass is 32.2. The van der Waals surface area contributed by atoms with Crippen molar-refractivity contribution in [1.82, 2.24) is 26.2 Å². The van der Waals surface area contributed by atoms with Crippen molar-refractivity contribution in [2.75, 3.05) is 18.2 Å². The molecule has 12 nitrogen and oxygen atoms in total. The van der Waals surface area contributed by atoms with Crippen LogP contribution in [0.1, 0.15) is 59.8 Å². The molecule has 0 saturated heterocycles. The molecule has 0 saturated carbocycles. The zero-order valence-corrected chi connectivity index (χ0v) is 23.2. The lowest BCUT2D eigenvalue weighted by Crippen LogP contribution is -2.47. The van der Waals surface area contributed by atoms with Gasteiger partial charge in [-0.15, -0.1) is 11.8 Å². The Morgan fingerprint density at radius 2 is 1.55 bits per heavy atom. The average Bonchev–Trinajstić information content (AvgIpc) is 3.16. The van der Waals surface area contributed by atoms with E-state index in [2.05, 4.69) is 21.3 Å². The van der Waals surface area contributed by atoms with Crippen LogP contribution in [0.4, 0.5) is 0 Å². The minimum absolute atomic E-state index is 0.00670. The largest absolute Gasteiger partial charge is 0.352 e. The van der Waals surface area contributed by atoms with Crippen LogP contribution in [0, 0.1) is 0 Å². The maximum absolute atomic E-state index is 11.7. The quantitative estimate of drug-likeness (QED) is 0.0617. The zero-order valence-electron chi connectivity index (χ0n) is 22.4. The minimum atomic E-state index is -0.659. The van der Waals surface area contributed by atoms with Crippen molar-refractivity contribution in [2.45, 2.75) is 77.9 Å². The number of nitrogens with one attached hydrogen (secondary N) is 4. The number of hydrogen-bond acceptors (Lipinski definition) is 8. The fourth-order valence-electron chi connectivity index (χ4n) is 2.86. The number of carbonyl (C=O) groups excluding carboxylic acids is 7. The molecule has 210 valence electrons. The Hall–Kier alpha value is -3.16. The maximum atomic E-state index is 11.7. The normalized spacial score (nSPS) is 13.8. The van der Waals surface area contributed by atoms with Gasteiger partial charge in [0.1, 0.15) is 12.1 Å². The molecule has 2 radical (unpaired) electrons. The third kappa shape index (κ3) is 16.6. The highest BCUT2D eigenvalue weighted by Gasteiger charge is 2.24. The van der Waals surface area contributed by atoms with Crippen molar-refractivity contribution in [3.63, 3.8) is 0 Å². The first-order valence-corrected chi connectivity index (χ1v) is 13.5. The van der Waals surface area contributed by atoms with E-state index in [-0.39, 0.29) is 42.4 Å². The summed E-state index contributed by atoms with van der Waals surface area (Å²) in [6, 6.07) is -1.17. The first-order chi connectivity index (χ1) is 17.9. The van der Waals surface area contributed by atoms with Gasteiger partial charge in [0.2, 0.25) is 24.1 Å². The summed E-state index contributed by atoms with van der Waals surface area (Å²) in [6.07, 6.45) is 6.04. The van der Waals surface area contributed by atoms with Gasteiger partial charge in [-0.05, 0) is 52.7 Å². The predicted octanol–water partition coefficient (Wildman–Crippen LogP) is -0.486. The smallest absolute Gasteiger partial charge is 0.253 e. The van der Waals surface area contributed by atoms with E-state index >= 15 is 0 Å². The molecular formula is C24H38BN5O7S. The van der Waals surface area contributed by atoms with E-state index in [1.807, 2.05) is 13.8 Å². The fourth-order valence-corrected chi connectivity index (χ4v) is 3.66. The van der Waals surface area contributed by atoms with Crippen LogP contribution in [0.25, 0.3) is 0 Å². The molecule has 38 heavy (non-hydrogen) atoms. The number of nitrogens with zero attached hydrogens (tertiary/aromatic N) is 1. The molecule has 1 aliphatic rings. The van der Waals surface area contributed by atoms with Crippen LogP contribution in [-0.4, -0.2) is 90.7 Å². The molecule has 0 aliphatic carbocycles. The monoisotopic (exact) mass is 551 g/mol. The molecule has 14 heteroatoms. The number of thioether (sulfide) groups is 1. The molecule has 0 aromatic rings. The van der Waals surface area contributed by atoms with Gasteiger partial charge in [-0.3, -0.25) is 33.7 Å². The number of unbranched alkanes of at least 4 members (excludes halogenated alkanes) is 2. The Morgan fingerprint density at radius 3 is 2.11 bits per heavy atom. The van der Waals surface area contributed by atoms with Crippen molar-refractivity contribution >= 4 is 61.2 Å². The molecule has 1 rings (SSSR count). The van der Waals surface area contributed by atoms with Gasteiger partial charge in [0, 0.05) is 31.2 Å². The van der Waals surface area contributed by atoms with Crippen LogP contribution in [0.5, 0.6) is 0 Å². The summed E-state index contributed by atoms with van der Waals surface area (Å²) < 4.78 is 0. The first-order valence-electron chi connectivity index (χ1n) is 12.4. The molecule has 1 heterocycles. The summed E-state index contributed by atoms with van der Waals surface area (Å²) in [5, 5.41) is 10.3. The summed E-state index contributed by atoms with van der Waals surface area (Å²) in [5.74, 6) is -0.244. The van der Waals surface area contributed by atoms with Crippen LogP contribution in [0.3, 0.4) is 0 Å². The van der Waals surface area contributed by atoms with E-state index < -0.39 is 23.9 Å². The minimum Gasteiger partial charge on any atom is -0.352 e. The second-order valence-corrected chi connectivity index (χ2v) is 9.85. The van der Waals surface area contributed by atoms with E-state index in [9.17, 15) is 33.6 Å². The van der Waals surface area contributed by atoms with Gasteiger partial charge in [0.25, 0.3) is 11.8 Å². The molecule has 0 aromatic heterocycles. The molecule has 4 N–H and O–H groups in total. The second-order valence-electron chi connectivity index (χ2n) is 8.74. The third-order valence-electron chi connectivity index (χ3n) is 4.94.